The number of H-pyrrole nitrogens is 1. The van der Waals surface area contributed by atoms with Gasteiger partial charge in [-0.15, -0.1) is 11.8 Å². The van der Waals surface area contributed by atoms with E-state index >= 15 is 0 Å². The van der Waals surface area contributed by atoms with Gasteiger partial charge in [0.2, 0.25) is 0 Å². The zero-order valence-electron chi connectivity index (χ0n) is 9.49. The number of aryl methyl sites for hydroxylation is 1. The number of aromatic amines is 1. The fourth-order valence-electron chi connectivity index (χ4n) is 2.43. The molecule has 2 nitrogen and oxygen atoms in total. The summed E-state index contributed by atoms with van der Waals surface area (Å²) in [5.74, 6) is 0. The predicted molar refractivity (Wildman–Crippen MR) is 68.4 cm³/mol. The minimum atomic E-state index is 0.703. The summed E-state index contributed by atoms with van der Waals surface area (Å²) < 4.78 is 0. The average molecular weight is 232 g/mol. The first-order chi connectivity index (χ1) is 7.83. The molecular weight excluding hydrogens is 216 g/mol. The van der Waals surface area contributed by atoms with Crippen molar-refractivity contribution in [3.05, 3.63) is 40.3 Å². The van der Waals surface area contributed by atoms with E-state index in [1.165, 1.54) is 35.6 Å². The lowest BCUT2D eigenvalue weighted by Gasteiger charge is -2.07. The Kier molecular flexibility index (Phi) is 2.64. The molecule has 84 valence electrons. The summed E-state index contributed by atoms with van der Waals surface area (Å²) in [6.45, 7) is 2.11. The Morgan fingerprint density at radius 2 is 2.50 bits per heavy atom. The maximum Gasteiger partial charge on any atom is 0.0925 e. The van der Waals surface area contributed by atoms with Gasteiger partial charge in [-0.1, -0.05) is 17.7 Å². The third-order valence-corrected chi connectivity index (χ3v) is 4.70. The Hall–Kier alpha value is -0.960. The van der Waals surface area contributed by atoms with E-state index in [0.717, 1.165) is 6.42 Å². The SMILES string of the molecule is Cc1[nH]cnc1CC1CC2=C(C=CCC2)S1. The fraction of sp³-hybridized carbons (Fsp3) is 0.462. The van der Waals surface area contributed by atoms with E-state index in [1.54, 1.807) is 11.9 Å². The summed E-state index contributed by atoms with van der Waals surface area (Å²) >= 11 is 2.04. The molecule has 1 atom stereocenters. The second-order valence-electron chi connectivity index (χ2n) is 4.53. The van der Waals surface area contributed by atoms with E-state index in [-0.39, 0.29) is 0 Å². The zero-order valence-corrected chi connectivity index (χ0v) is 10.3. The van der Waals surface area contributed by atoms with Crippen molar-refractivity contribution in [2.45, 2.75) is 37.9 Å². The molecule has 1 aliphatic carbocycles. The molecule has 1 aromatic rings. The number of thioether (sulfide) groups is 1. The van der Waals surface area contributed by atoms with Gasteiger partial charge >= 0.3 is 0 Å². The second-order valence-corrected chi connectivity index (χ2v) is 5.87. The van der Waals surface area contributed by atoms with Gasteiger partial charge in [-0.2, -0.15) is 0 Å². The molecule has 0 bridgehead atoms. The Labute approximate surface area is 100 Å². The van der Waals surface area contributed by atoms with Crippen molar-refractivity contribution in [1.82, 2.24) is 9.97 Å². The van der Waals surface area contributed by atoms with Crippen molar-refractivity contribution in [2.24, 2.45) is 0 Å². The molecule has 3 rings (SSSR count). The topological polar surface area (TPSA) is 28.7 Å². The normalized spacial score (nSPS) is 23.9. The number of nitrogens with one attached hydrogen (secondary N) is 1. The van der Waals surface area contributed by atoms with Crippen molar-refractivity contribution in [3.63, 3.8) is 0 Å². The van der Waals surface area contributed by atoms with Crippen LogP contribution in [0.1, 0.15) is 30.7 Å². The molecule has 1 unspecified atom stereocenters. The number of hydrogen-bond acceptors (Lipinski definition) is 2. The quantitative estimate of drug-likeness (QED) is 0.847. The summed E-state index contributed by atoms with van der Waals surface area (Å²) in [5, 5.41) is 0.703. The summed E-state index contributed by atoms with van der Waals surface area (Å²) in [6.07, 6.45) is 11.3. The zero-order chi connectivity index (χ0) is 11.0. The number of aromatic nitrogens is 2. The van der Waals surface area contributed by atoms with Crippen LogP contribution in [0.5, 0.6) is 0 Å². The Morgan fingerprint density at radius 1 is 1.56 bits per heavy atom. The van der Waals surface area contributed by atoms with E-state index in [2.05, 4.69) is 29.0 Å². The van der Waals surface area contributed by atoms with E-state index in [9.17, 15) is 0 Å². The fourth-order valence-corrected chi connectivity index (χ4v) is 3.84. The van der Waals surface area contributed by atoms with Crippen LogP contribution >= 0.6 is 11.8 Å². The smallest absolute Gasteiger partial charge is 0.0925 e. The molecule has 1 N–H and O–H groups in total. The lowest BCUT2D eigenvalue weighted by molar-refractivity contribution is 0.786. The highest BCUT2D eigenvalue weighted by atomic mass is 32.2. The minimum Gasteiger partial charge on any atom is -0.348 e. The highest BCUT2D eigenvalue weighted by Gasteiger charge is 2.25. The molecule has 1 aromatic heterocycles. The highest BCUT2D eigenvalue weighted by molar-refractivity contribution is 8.04. The van der Waals surface area contributed by atoms with Crippen LogP contribution in [-0.2, 0) is 6.42 Å². The summed E-state index contributed by atoms with van der Waals surface area (Å²) in [5.41, 5.74) is 4.13. The highest BCUT2D eigenvalue weighted by Crippen LogP contribution is 2.43. The van der Waals surface area contributed by atoms with Crippen molar-refractivity contribution in [3.8, 4) is 0 Å². The van der Waals surface area contributed by atoms with Crippen LogP contribution in [0.3, 0.4) is 0 Å². The van der Waals surface area contributed by atoms with Gasteiger partial charge in [0.25, 0.3) is 0 Å². The standard InChI is InChI=1S/C13H16N2S/c1-9-12(15-8-14-9)7-11-6-10-4-2-3-5-13(10)16-11/h3,5,8,11H,2,4,6-7H2,1H3,(H,14,15). The van der Waals surface area contributed by atoms with Gasteiger partial charge in [0, 0.05) is 22.3 Å². The van der Waals surface area contributed by atoms with Gasteiger partial charge in [-0.3, -0.25) is 0 Å². The minimum absolute atomic E-state index is 0.703. The van der Waals surface area contributed by atoms with Crippen LogP contribution in [0.15, 0.2) is 29.0 Å². The van der Waals surface area contributed by atoms with Crippen LogP contribution in [0, 0.1) is 6.92 Å². The summed E-state index contributed by atoms with van der Waals surface area (Å²) in [4.78, 5) is 9.08. The molecule has 3 heteroatoms. The molecule has 16 heavy (non-hydrogen) atoms. The van der Waals surface area contributed by atoms with Gasteiger partial charge in [0.05, 0.1) is 12.0 Å². The second kappa shape index (κ2) is 4.13. The van der Waals surface area contributed by atoms with Gasteiger partial charge in [0.15, 0.2) is 0 Å². The largest absolute Gasteiger partial charge is 0.348 e. The maximum absolute atomic E-state index is 4.39. The van der Waals surface area contributed by atoms with Gasteiger partial charge < -0.3 is 4.98 Å². The lowest BCUT2D eigenvalue weighted by atomic mass is 9.99. The Bertz CT molecular complexity index is 456. The van der Waals surface area contributed by atoms with Crippen molar-refractivity contribution >= 4 is 11.8 Å². The van der Waals surface area contributed by atoms with Crippen molar-refractivity contribution in [2.75, 3.05) is 0 Å². The van der Waals surface area contributed by atoms with Gasteiger partial charge in [0.1, 0.15) is 0 Å². The van der Waals surface area contributed by atoms with Crippen molar-refractivity contribution in [1.29, 1.82) is 0 Å². The third-order valence-electron chi connectivity index (χ3n) is 3.35. The monoisotopic (exact) mass is 232 g/mol. The third kappa shape index (κ3) is 1.84. The number of nitrogens with zero attached hydrogens (tertiary/aromatic N) is 1. The Morgan fingerprint density at radius 3 is 3.25 bits per heavy atom. The molecule has 1 aliphatic heterocycles. The molecule has 0 spiro atoms. The lowest BCUT2D eigenvalue weighted by Crippen LogP contribution is -2.05. The molecule has 2 heterocycles. The van der Waals surface area contributed by atoms with E-state index < -0.39 is 0 Å². The van der Waals surface area contributed by atoms with Crippen LogP contribution in [0.2, 0.25) is 0 Å². The first-order valence-corrected chi connectivity index (χ1v) is 6.75. The number of imidazole rings is 1. The number of hydrogen-bond donors (Lipinski definition) is 1. The van der Waals surface area contributed by atoms with Crippen LogP contribution in [0.25, 0.3) is 0 Å². The van der Waals surface area contributed by atoms with Gasteiger partial charge in [-0.05, 0) is 26.2 Å². The van der Waals surface area contributed by atoms with E-state index in [0.29, 0.717) is 5.25 Å². The molecule has 0 aromatic carbocycles. The number of rotatable bonds is 2. The molecule has 0 saturated heterocycles. The Balaban J connectivity index is 1.68. The van der Waals surface area contributed by atoms with Crippen LogP contribution in [0.4, 0.5) is 0 Å². The first-order valence-electron chi connectivity index (χ1n) is 5.87. The molecule has 0 fully saturated rings. The number of allylic oxidation sites excluding steroid dienone is 3. The molecule has 0 radical (unpaired) electrons. The molecule has 2 aliphatic rings. The van der Waals surface area contributed by atoms with E-state index in [4.69, 9.17) is 0 Å². The average Bonchev–Trinajstić information content (AvgIpc) is 2.85. The van der Waals surface area contributed by atoms with Crippen LogP contribution in [-0.4, -0.2) is 15.2 Å². The van der Waals surface area contributed by atoms with Gasteiger partial charge in [-0.25, -0.2) is 4.98 Å². The molecule has 0 amide bonds. The van der Waals surface area contributed by atoms with Crippen molar-refractivity contribution < 1.29 is 0 Å². The predicted octanol–water partition coefficient (Wildman–Crippen LogP) is 3.37. The van der Waals surface area contributed by atoms with E-state index in [1.807, 2.05) is 11.8 Å². The molecule has 0 saturated carbocycles. The summed E-state index contributed by atoms with van der Waals surface area (Å²) in [7, 11) is 0. The van der Waals surface area contributed by atoms with Crippen LogP contribution < -0.4 is 0 Å². The maximum atomic E-state index is 4.39. The molecular formula is C13H16N2S. The summed E-state index contributed by atoms with van der Waals surface area (Å²) in [6, 6.07) is 0. The first kappa shape index (κ1) is 10.2.